The normalized spacial score (nSPS) is 32.4. The Kier molecular flexibility index (Phi) is 3.58. The molecule has 0 amide bonds. The van der Waals surface area contributed by atoms with Gasteiger partial charge in [-0.2, -0.15) is 0 Å². The predicted molar refractivity (Wildman–Crippen MR) is 69.4 cm³/mol. The van der Waals surface area contributed by atoms with Crippen LogP contribution in [0.25, 0.3) is 0 Å². The van der Waals surface area contributed by atoms with Gasteiger partial charge in [-0.05, 0) is 19.4 Å². The quantitative estimate of drug-likeness (QED) is 0.837. The van der Waals surface area contributed by atoms with Gasteiger partial charge in [-0.15, -0.1) is 0 Å². The van der Waals surface area contributed by atoms with Crippen LogP contribution in [0.5, 0.6) is 0 Å². The second-order valence-corrected chi connectivity index (χ2v) is 5.54. The molecule has 2 saturated heterocycles. The van der Waals surface area contributed by atoms with E-state index >= 15 is 0 Å². The molecule has 2 heterocycles. The minimum absolute atomic E-state index is 0.0420. The maximum absolute atomic E-state index is 5.79. The first-order valence-corrected chi connectivity index (χ1v) is 6.75. The number of benzene rings is 1. The molecule has 19 heavy (non-hydrogen) atoms. The zero-order chi connectivity index (χ0) is 13.3. The van der Waals surface area contributed by atoms with Crippen molar-refractivity contribution in [2.45, 2.75) is 51.2 Å². The van der Waals surface area contributed by atoms with Gasteiger partial charge in [0.1, 0.15) is 6.10 Å². The van der Waals surface area contributed by atoms with Gasteiger partial charge in [-0.25, -0.2) is 0 Å². The second kappa shape index (κ2) is 5.21. The summed E-state index contributed by atoms with van der Waals surface area (Å²) in [4.78, 5) is 0. The van der Waals surface area contributed by atoms with E-state index in [2.05, 4.69) is 12.1 Å². The van der Waals surface area contributed by atoms with E-state index in [1.165, 1.54) is 5.56 Å². The van der Waals surface area contributed by atoms with Crippen LogP contribution < -0.4 is 0 Å². The van der Waals surface area contributed by atoms with Crippen molar-refractivity contribution in [1.29, 1.82) is 0 Å². The summed E-state index contributed by atoms with van der Waals surface area (Å²) in [6.07, 6.45) is 0.707. The molecule has 0 radical (unpaired) electrons. The van der Waals surface area contributed by atoms with Gasteiger partial charge >= 0.3 is 0 Å². The molecule has 0 unspecified atom stereocenters. The first kappa shape index (κ1) is 13.1. The van der Waals surface area contributed by atoms with E-state index in [0.717, 1.165) is 6.42 Å². The average Bonchev–Trinajstić information content (AvgIpc) is 2.83. The summed E-state index contributed by atoms with van der Waals surface area (Å²) in [6, 6.07) is 10.1. The molecule has 0 aliphatic carbocycles. The number of rotatable bonds is 4. The Morgan fingerprint density at radius 2 is 2.00 bits per heavy atom. The molecule has 2 fully saturated rings. The molecular weight excluding hydrogens is 244 g/mol. The Labute approximate surface area is 113 Å². The molecule has 104 valence electrons. The SMILES string of the molecule is CC1(C)O[C@@H]2O[C@@H](COCc3ccccc3)C[C@@H]2O1. The Morgan fingerprint density at radius 1 is 1.21 bits per heavy atom. The fraction of sp³-hybridized carbons (Fsp3) is 0.600. The van der Waals surface area contributed by atoms with Crippen molar-refractivity contribution in [3.05, 3.63) is 35.9 Å². The molecule has 1 aromatic carbocycles. The van der Waals surface area contributed by atoms with Crippen LogP contribution in [0.15, 0.2) is 30.3 Å². The van der Waals surface area contributed by atoms with Crippen LogP contribution in [-0.4, -0.2) is 30.9 Å². The molecule has 4 heteroatoms. The van der Waals surface area contributed by atoms with Gasteiger partial charge in [0.15, 0.2) is 12.1 Å². The van der Waals surface area contributed by atoms with Crippen molar-refractivity contribution in [2.75, 3.05) is 6.61 Å². The largest absolute Gasteiger partial charge is 0.374 e. The topological polar surface area (TPSA) is 36.9 Å². The molecule has 0 bridgehead atoms. The fourth-order valence-corrected chi connectivity index (χ4v) is 2.57. The third-order valence-corrected chi connectivity index (χ3v) is 3.38. The van der Waals surface area contributed by atoms with Crippen LogP contribution >= 0.6 is 0 Å². The van der Waals surface area contributed by atoms with Gasteiger partial charge in [-0.3, -0.25) is 0 Å². The van der Waals surface area contributed by atoms with Gasteiger partial charge in [0.2, 0.25) is 0 Å². The van der Waals surface area contributed by atoms with E-state index in [1.807, 2.05) is 32.0 Å². The van der Waals surface area contributed by atoms with Gasteiger partial charge in [0, 0.05) is 6.42 Å². The van der Waals surface area contributed by atoms with Crippen molar-refractivity contribution in [3.63, 3.8) is 0 Å². The monoisotopic (exact) mass is 264 g/mol. The lowest BCUT2D eigenvalue weighted by atomic mass is 10.2. The minimum atomic E-state index is -0.523. The number of fused-ring (bicyclic) bond motifs is 1. The summed E-state index contributed by atoms with van der Waals surface area (Å²) in [6.45, 7) is 5.02. The Bertz CT molecular complexity index is 401. The lowest BCUT2D eigenvalue weighted by molar-refractivity contribution is -0.209. The molecule has 0 spiro atoms. The van der Waals surface area contributed by atoms with Crippen LogP contribution in [-0.2, 0) is 25.6 Å². The summed E-state index contributed by atoms with van der Waals surface area (Å²) < 4.78 is 22.9. The molecular formula is C15H20O4. The summed E-state index contributed by atoms with van der Waals surface area (Å²) in [5, 5.41) is 0. The van der Waals surface area contributed by atoms with Crippen molar-refractivity contribution < 1.29 is 18.9 Å². The van der Waals surface area contributed by atoms with Crippen LogP contribution in [0, 0.1) is 0 Å². The van der Waals surface area contributed by atoms with Gasteiger partial charge in [0.05, 0.1) is 19.3 Å². The molecule has 1 aromatic rings. The van der Waals surface area contributed by atoms with E-state index in [-0.39, 0.29) is 18.5 Å². The first-order valence-electron chi connectivity index (χ1n) is 6.75. The zero-order valence-corrected chi connectivity index (χ0v) is 11.4. The maximum Gasteiger partial charge on any atom is 0.187 e. The van der Waals surface area contributed by atoms with Crippen LogP contribution in [0.2, 0.25) is 0 Å². The number of hydrogen-bond donors (Lipinski definition) is 0. The average molecular weight is 264 g/mol. The van der Waals surface area contributed by atoms with Crippen LogP contribution in [0.1, 0.15) is 25.8 Å². The number of ether oxygens (including phenoxy) is 4. The maximum atomic E-state index is 5.79. The molecule has 4 nitrogen and oxygen atoms in total. The highest BCUT2D eigenvalue weighted by Crippen LogP contribution is 2.37. The smallest absolute Gasteiger partial charge is 0.187 e. The molecule has 3 atom stereocenters. The standard InChI is InChI=1S/C15H20O4/c1-15(2)18-13-8-12(17-14(13)19-15)10-16-9-11-6-4-3-5-7-11/h3-7,12-14H,8-10H2,1-2H3/t12-,13+,14+/m1/s1. The Balaban J connectivity index is 1.42. The Morgan fingerprint density at radius 3 is 2.74 bits per heavy atom. The van der Waals surface area contributed by atoms with E-state index < -0.39 is 5.79 Å². The highest BCUT2D eigenvalue weighted by Gasteiger charge is 2.48. The third-order valence-electron chi connectivity index (χ3n) is 3.38. The summed E-state index contributed by atoms with van der Waals surface area (Å²) in [5.41, 5.74) is 1.18. The molecule has 0 N–H and O–H groups in total. The van der Waals surface area contributed by atoms with E-state index in [9.17, 15) is 0 Å². The van der Waals surface area contributed by atoms with Gasteiger partial charge < -0.3 is 18.9 Å². The molecule has 3 rings (SSSR count). The molecule has 0 saturated carbocycles. The van der Waals surface area contributed by atoms with Crippen molar-refractivity contribution in [1.82, 2.24) is 0 Å². The molecule has 2 aliphatic heterocycles. The van der Waals surface area contributed by atoms with E-state index in [0.29, 0.717) is 13.2 Å². The second-order valence-electron chi connectivity index (χ2n) is 5.54. The van der Waals surface area contributed by atoms with Crippen LogP contribution in [0.3, 0.4) is 0 Å². The van der Waals surface area contributed by atoms with Crippen LogP contribution in [0.4, 0.5) is 0 Å². The highest BCUT2D eigenvalue weighted by molar-refractivity contribution is 5.13. The zero-order valence-electron chi connectivity index (χ0n) is 11.4. The Hall–Kier alpha value is -0.940. The fourth-order valence-electron chi connectivity index (χ4n) is 2.57. The minimum Gasteiger partial charge on any atom is -0.374 e. The molecule has 2 aliphatic rings. The van der Waals surface area contributed by atoms with Crippen molar-refractivity contribution >= 4 is 0 Å². The van der Waals surface area contributed by atoms with Crippen molar-refractivity contribution in [2.24, 2.45) is 0 Å². The summed E-state index contributed by atoms with van der Waals surface area (Å²) >= 11 is 0. The molecule has 0 aromatic heterocycles. The van der Waals surface area contributed by atoms with E-state index in [4.69, 9.17) is 18.9 Å². The highest BCUT2D eigenvalue weighted by atomic mass is 16.8. The lowest BCUT2D eigenvalue weighted by Crippen LogP contribution is -2.26. The third kappa shape index (κ3) is 3.15. The summed E-state index contributed by atoms with van der Waals surface area (Å²) in [7, 11) is 0. The lowest BCUT2D eigenvalue weighted by Gasteiger charge is -2.20. The van der Waals surface area contributed by atoms with Gasteiger partial charge in [0.25, 0.3) is 0 Å². The van der Waals surface area contributed by atoms with Gasteiger partial charge in [-0.1, -0.05) is 30.3 Å². The van der Waals surface area contributed by atoms with Crippen molar-refractivity contribution in [3.8, 4) is 0 Å². The first-order chi connectivity index (χ1) is 9.12. The van der Waals surface area contributed by atoms with E-state index in [1.54, 1.807) is 0 Å². The predicted octanol–water partition coefficient (Wildman–Crippen LogP) is 2.47. The number of hydrogen-bond acceptors (Lipinski definition) is 4. The summed E-state index contributed by atoms with van der Waals surface area (Å²) in [5.74, 6) is -0.523.